The number of piperidine rings is 2. The van der Waals surface area contributed by atoms with Crippen LogP contribution in [0, 0.1) is 17.8 Å². The predicted molar refractivity (Wildman–Crippen MR) is 69.7 cm³/mol. The van der Waals surface area contributed by atoms with Gasteiger partial charge in [0.15, 0.2) is 0 Å². The Kier molecular flexibility index (Phi) is 4.43. The lowest BCUT2D eigenvalue weighted by Gasteiger charge is -2.36. The van der Waals surface area contributed by atoms with Gasteiger partial charge in [0.25, 0.3) is 0 Å². The Morgan fingerprint density at radius 1 is 1.24 bits per heavy atom. The van der Waals surface area contributed by atoms with Gasteiger partial charge in [-0.25, -0.2) is 0 Å². The molecule has 3 heteroatoms. The second-order valence-electron chi connectivity index (χ2n) is 5.95. The smallest absolute Gasteiger partial charge is 0.226 e. The van der Waals surface area contributed by atoms with Gasteiger partial charge in [0.1, 0.15) is 0 Å². The molecular formula is C14H26N2O. The molecule has 0 aromatic rings. The number of carbonyl (C=O) groups is 1. The van der Waals surface area contributed by atoms with E-state index < -0.39 is 0 Å². The maximum absolute atomic E-state index is 12.3. The molecule has 0 saturated carbocycles. The zero-order chi connectivity index (χ0) is 12.3. The zero-order valence-electron chi connectivity index (χ0n) is 11.2. The molecule has 1 atom stereocenters. The molecule has 2 rings (SSSR count). The Balaban J connectivity index is 1.81. The number of nitrogens with zero attached hydrogens (tertiary/aromatic N) is 1. The molecule has 98 valence electrons. The number of carbonyl (C=O) groups excluding carboxylic acids is 1. The fourth-order valence-electron chi connectivity index (χ4n) is 3.11. The minimum Gasteiger partial charge on any atom is -0.342 e. The van der Waals surface area contributed by atoms with E-state index in [0.717, 1.165) is 50.9 Å². The Morgan fingerprint density at radius 3 is 2.47 bits per heavy atom. The van der Waals surface area contributed by atoms with Crippen LogP contribution in [0.15, 0.2) is 0 Å². The highest BCUT2D eigenvalue weighted by Crippen LogP contribution is 2.26. The molecule has 0 unspecified atom stereocenters. The van der Waals surface area contributed by atoms with Gasteiger partial charge >= 0.3 is 0 Å². The number of hydrogen-bond acceptors (Lipinski definition) is 2. The Bertz CT molecular complexity index is 251. The fraction of sp³-hybridized carbons (Fsp3) is 0.929. The van der Waals surface area contributed by atoms with Gasteiger partial charge in [0.2, 0.25) is 5.91 Å². The van der Waals surface area contributed by atoms with Crippen molar-refractivity contribution >= 4 is 5.91 Å². The van der Waals surface area contributed by atoms with Gasteiger partial charge in [-0.3, -0.25) is 4.79 Å². The first kappa shape index (κ1) is 12.9. The van der Waals surface area contributed by atoms with E-state index in [-0.39, 0.29) is 5.92 Å². The molecule has 2 aliphatic heterocycles. The molecule has 0 bridgehead atoms. The highest BCUT2D eigenvalue weighted by Gasteiger charge is 2.29. The van der Waals surface area contributed by atoms with E-state index in [2.05, 4.69) is 24.1 Å². The van der Waals surface area contributed by atoms with Gasteiger partial charge in [-0.2, -0.15) is 0 Å². The van der Waals surface area contributed by atoms with Crippen molar-refractivity contribution in [1.82, 2.24) is 10.2 Å². The van der Waals surface area contributed by atoms with Crippen molar-refractivity contribution in [2.24, 2.45) is 17.8 Å². The summed E-state index contributed by atoms with van der Waals surface area (Å²) in [5.74, 6) is 2.24. The number of hydrogen-bond donors (Lipinski definition) is 1. The average Bonchev–Trinajstić information content (AvgIpc) is 2.39. The van der Waals surface area contributed by atoms with E-state index in [1.54, 1.807) is 0 Å². The third-order valence-electron chi connectivity index (χ3n) is 4.44. The molecule has 2 saturated heterocycles. The third-order valence-corrected chi connectivity index (χ3v) is 4.44. The number of nitrogens with one attached hydrogen (secondary N) is 1. The molecule has 1 N–H and O–H groups in total. The summed E-state index contributed by atoms with van der Waals surface area (Å²) in [6, 6.07) is 0. The van der Waals surface area contributed by atoms with E-state index >= 15 is 0 Å². The summed E-state index contributed by atoms with van der Waals surface area (Å²) in [5, 5.41) is 3.33. The van der Waals surface area contributed by atoms with Crippen LogP contribution in [0.1, 0.15) is 39.5 Å². The number of amides is 1. The Labute approximate surface area is 105 Å². The van der Waals surface area contributed by atoms with Crippen LogP contribution in [0.2, 0.25) is 0 Å². The van der Waals surface area contributed by atoms with Crippen molar-refractivity contribution < 1.29 is 4.79 Å². The maximum Gasteiger partial charge on any atom is 0.226 e. The summed E-state index contributed by atoms with van der Waals surface area (Å²) in [5.41, 5.74) is 0. The van der Waals surface area contributed by atoms with Crippen LogP contribution in [0.25, 0.3) is 0 Å². The van der Waals surface area contributed by atoms with Crippen molar-refractivity contribution in [1.29, 1.82) is 0 Å². The topological polar surface area (TPSA) is 32.3 Å². The van der Waals surface area contributed by atoms with Crippen LogP contribution in [-0.2, 0) is 4.79 Å². The van der Waals surface area contributed by atoms with E-state index in [9.17, 15) is 4.79 Å². The van der Waals surface area contributed by atoms with Gasteiger partial charge in [0, 0.05) is 19.6 Å². The van der Waals surface area contributed by atoms with Crippen molar-refractivity contribution in [3.8, 4) is 0 Å². The summed E-state index contributed by atoms with van der Waals surface area (Å²) in [6.45, 7) is 8.54. The summed E-state index contributed by atoms with van der Waals surface area (Å²) < 4.78 is 0. The highest BCUT2D eigenvalue weighted by molar-refractivity contribution is 5.79. The lowest BCUT2D eigenvalue weighted by Crippen LogP contribution is -2.46. The molecular weight excluding hydrogens is 212 g/mol. The van der Waals surface area contributed by atoms with Crippen LogP contribution < -0.4 is 5.32 Å². The molecule has 3 nitrogen and oxygen atoms in total. The van der Waals surface area contributed by atoms with Gasteiger partial charge in [-0.15, -0.1) is 0 Å². The summed E-state index contributed by atoms with van der Waals surface area (Å²) in [6.07, 6.45) is 4.63. The Hall–Kier alpha value is -0.570. The normalized spacial score (nSPS) is 27.5. The van der Waals surface area contributed by atoms with E-state index in [4.69, 9.17) is 0 Å². The molecule has 1 amide bonds. The van der Waals surface area contributed by atoms with Crippen LogP contribution >= 0.6 is 0 Å². The Morgan fingerprint density at radius 2 is 1.94 bits per heavy atom. The van der Waals surface area contributed by atoms with Crippen molar-refractivity contribution in [3.63, 3.8) is 0 Å². The van der Waals surface area contributed by atoms with E-state index in [0.29, 0.717) is 5.91 Å². The highest BCUT2D eigenvalue weighted by atomic mass is 16.2. The minimum absolute atomic E-state index is 0.249. The standard InChI is InChI=1S/C14H26N2O/c1-11(2)12-5-8-16(9-6-12)14(17)13-4-3-7-15-10-13/h11-13,15H,3-10H2,1-2H3/t13-/m0/s1. The summed E-state index contributed by atoms with van der Waals surface area (Å²) in [4.78, 5) is 14.4. The molecule has 17 heavy (non-hydrogen) atoms. The lowest BCUT2D eigenvalue weighted by molar-refractivity contribution is -0.137. The predicted octanol–water partition coefficient (Wildman–Crippen LogP) is 1.88. The minimum atomic E-state index is 0.249. The van der Waals surface area contributed by atoms with Crippen molar-refractivity contribution in [2.75, 3.05) is 26.2 Å². The van der Waals surface area contributed by atoms with Gasteiger partial charge in [0.05, 0.1) is 5.92 Å². The first-order chi connectivity index (χ1) is 8.18. The molecule has 0 aromatic heterocycles. The molecule has 0 spiro atoms. The van der Waals surface area contributed by atoms with Gasteiger partial charge in [-0.05, 0) is 44.1 Å². The van der Waals surface area contributed by atoms with Crippen LogP contribution in [-0.4, -0.2) is 37.0 Å². The lowest BCUT2D eigenvalue weighted by atomic mass is 9.86. The van der Waals surface area contributed by atoms with Gasteiger partial charge < -0.3 is 10.2 Å². The number of likely N-dealkylation sites (tertiary alicyclic amines) is 1. The SMILES string of the molecule is CC(C)C1CCN(C(=O)[C@H]2CCCNC2)CC1. The molecule has 2 heterocycles. The molecule has 2 aliphatic rings. The van der Waals surface area contributed by atoms with Crippen LogP contribution in [0.5, 0.6) is 0 Å². The third kappa shape index (κ3) is 3.21. The van der Waals surface area contributed by atoms with E-state index in [1.807, 2.05) is 0 Å². The second kappa shape index (κ2) is 5.85. The fourth-order valence-corrected chi connectivity index (χ4v) is 3.11. The van der Waals surface area contributed by atoms with Crippen molar-refractivity contribution in [3.05, 3.63) is 0 Å². The second-order valence-corrected chi connectivity index (χ2v) is 5.95. The maximum atomic E-state index is 12.3. The van der Waals surface area contributed by atoms with Crippen LogP contribution in [0.3, 0.4) is 0 Å². The average molecular weight is 238 g/mol. The summed E-state index contributed by atoms with van der Waals surface area (Å²) >= 11 is 0. The van der Waals surface area contributed by atoms with E-state index in [1.165, 1.54) is 12.8 Å². The molecule has 0 radical (unpaired) electrons. The first-order valence-corrected chi connectivity index (χ1v) is 7.18. The summed E-state index contributed by atoms with van der Waals surface area (Å²) in [7, 11) is 0. The molecule has 0 aromatic carbocycles. The first-order valence-electron chi connectivity index (χ1n) is 7.18. The molecule has 0 aliphatic carbocycles. The number of rotatable bonds is 2. The quantitative estimate of drug-likeness (QED) is 0.796. The zero-order valence-corrected chi connectivity index (χ0v) is 11.2. The monoisotopic (exact) mass is 238 g/mol. The largest absolute Gasteiger partial charge is 0.342 e. The van der Waals surface area contributed by atoms with Crippen molar-refractivity contribution in [2.45, 2.75) is 39.5 Å². The van der Waals surface area contributed by atoms with Gasteiger partial charge in [-0.1, -0.05) is 13.8 Å². The van der Waals surface area contributed by atoms with Crippen LogP contribution in [0.4, 0.5) is 0 Å². The molecule has 2 fully saturated rings.